The van der Waals surface area contributed by atoms with Crippen LogP contribution in [0.25, 0.3) is 0 Å². The Morgan fingerprint density at radius 2 is 2.10 bits per heavy atom. The second-order valence-electron chi connectivity index (χ2n) is 4.50. The molecule has 1 aromatic carbocycles. The molecule has 2 rings (SSSR count). The third-order valence-electron chi connectivity index (χ3n) is 2.92. The van der Waals surface area contributed by atoms with E-state index in [-0.39, 0.29) is 16.2 Å². The molecule has 0 amide bonds. The number of rotatable bonds is 4. The van der Waals surface area contributed by atoms with Gasteiger partial charge in [-0.25, -0.2) is 8.78 Å². The largest absolute Gasteiger partial charge is 0.389 e. The first-order chi connectivity index (χ1) is 9.40. The predicted octanol–water partition coefficient (Wildman–Crippen LogP) is 1.97. The third kappa shape index (κ3) is 2.77. The van der Waals surface area contributed by atoms with Crippen LogP contribution in [-0.4, -0.2) is 21.8 Å². The van der Waals surface area contributed by atoms with Crippen molar-refractivity contribution in [3.63, 3.8) is 0 Å². The molecule has 0 radical (unpaired) electrons. The molecule has 0 aliphatic heterocycles. The summed E-state index contributed by atoms with van der Waals surface area (Å²) in [4.78, 5) is 1.43. The van der Waals surface area contributed by atoms with Gasteiger partial charge in [0.2, 0.25) is 0 Å². The summed E-state index contributed by atoms with van der Waals surface area (Å²) >= 11 is 4.67. The van der Waals surface area contributed by atoms with Gasteiger partial charge in [0.1, 0.15) is 4.99 Å². The van der Waals surface area contributed by atoms with E-state index in [1.54, 1.807) is 29.9 Å². The molecule has 2 aromatic rings. The van der Waals surface area contributed by atoms with Gasteiger partial charge in [0.25, 0.3) is 0 Å². The molecular weight excluding hydrogens is 282 g/mol. The van der Waals surface area contributed by atoms with Gasteiger partial charge in [0, 0.05) is 38.0 Å². The fraction of sp³-hybridized carbons (Fsp3) is 0.231. The number of hydrogen-bond acceptors (Lipinski definition) is 3. The molecule has 0 aliphatic rings. The molecule has 20 heavy (non-hydrogen) atoms. The highest BCUT2D eigenvalue weighted by molar-refractivity contribution is 7.80. The van der Waals surface area contributed by atoms with E-state index in [0.717, 1.165) is 5.56 Å². The van der Waals surface area contributed by atoms with Crippen molar-refractivity contribution in [2.75, 3.05) is 11.9 Å². The lowest BCUT2D eigenvalue weighted by atomic mass is 10.1. The molecule has 0 saturated carbocycles. The Labute approximate surface area is 120 Å². The number of halogens is 2. The van der Waals surface area contributed by atoms with E-state index < -0.39 is 11.6 Å². The Hall–Kier alpha value is -2.02. The molecule has 0 bridgehead atoms. The summed E-state index contributed by atoms with van der Waals surface area (Å²) in [5.41, 5.74) is 6.29. The number of aryl methyl sites for hydroxylation is 1. The monoisotopic (exact) mass is 296 g/mol. The van der Waals surface area contributed by atoms with Gasteiger partial charge in [-0.2, -0.15) is 5.10 Å². The quantitative estimate of drug-likeness (QED) is 0.876. The van der Waals surface area contributed by atoms with Gasteiger partial charge in [-0.15, -0.1) is 0 Å². The van der Waals surface area contributed by atoms with E-state index in [0.29, 0.717) is 6.54 Å². The van der Waals surface area contributed by atoms with Crippen LogP contribution >= 0.6 is 12.2 Å². The lowest BCUT2D eigenvalue weighted by molar-refractivity contribution is 0.506. The van der Waals surface area contributed by atoms with Crippen LogP contribution < -0.4 is 10.6 Å². The van der Waals surface area contributed by atoms with Crippen LogP contribution in [0, 0.1) is 11.6 Å². The Kier molecular flexibility index (Phi) is 3.99. The maximum atomic E-state index is 14.0. The van der Waals surface area contributed by atoms with Gasteiger partial charge in [-0.05, 0) is 12.1 Å². The van der Waals surface area contributed by atoms with Crippen molar-refractivity contribution in [2.24, 2.45) is 12.8 Å². The standard InChI is InChI=1S/C13H14F2N4S/c1-18(6-8-5-17-19(2)7-8)10-4-3-9(13(16)20)11(14)12(10)15/h3-5,7H,6H2,1-2H3,(H2,16,20). The molecule has 4 nitrogen and oxygen atoms in total. The maximum Gasteiger partial charge on any atom is 0.182 e. The average Bonchev–Trinajstić information content (AvgIpc) is 2.77. The molecule has 0 spiro atoms. The number of nitrogens with zero attached hydrogens (tertiary/aromatic N) is 3. The second kappa shape index (κ2) is 5.54. The molecule has 0 atom stereocenters. The summed E-state index contributed by atoms with van der Waals surface area (Å²) in [7, 11) is 3.46. The third-order valence-corrected chi connectivity index (χ3v) is 3.14. The summed E-state index contributed by atoms with van der Waals surface area (Å²) in [6.45, 7) is 0.413. The zero-order valence-electron chi connectivity index (χ0n) is 11.1. The number of aromatic nitrogens is 2. The Morgan fingerprint density at radius 1 is 1.40 bits per heavy atom. The van der Waals surface area contributed by atoms with Crippen molar-refractivity contribution in [1.29, 1.82) is 0 Å². The number of anilines is 1. The van der Waals surface area contributed by atoms with Crippen molar-refractivity contribution >= 4 is 22.9 Å². The average molecular weight is 296 g/mol. The van der Waals surface area contributed by atoms with Crippen LogP contribution in [0.4, 0.5) is 14.5 Å². The number of nitrogens with two attached hydrogens (primary N) is 1. The SMILES string of the molecule is CN(Cc1cnn(C)c1)c1ccc(C(N)=S)c(F)c1F. The molecule has 7 heteroatoms. The number of thiocarbonyl (C=S) groups is 1. The van der Waals surface area contributed by atoms with Crippen LogP contribution in [0.2, 0.25) is 0 Å². The second-order valence-corrected chi connectivity index (χ2v) is 4.94. The highest BCUT2D eigenvalue weighted by Gasteiger charge is 2.17. The smallest absolute Gasteiger partial charge is 0.182 e. The highest BCUT2D eigenvalue weighted by Crippen LogP contribution is 2.24. The van der Waals surface area contributed by atoms with E-state index in [2.05, 4.69) is 17.3 Å². The molecule has 106 valence electrons. The van der Waals surface area contributed by atoms with Gasteiger partial charge >= 0.3 is 0 Å². The van der Waals surface area contributed by atoms with Crippen molar-refractivity contribution < 1.29 is 8.78 Å². The van der Waals surface area contributed by atoms with Gasteiger partial charge in [0.15, 0.2) is 11.6 Å². The number of benzene rings is 1. The zero-order chi connectivity index (χ0) is 14.9. The lowest BCUT2D eigenvalue weighted by Crippen LogP contribution is -2.20. The molecule has 0 fully saturated rings. The first-order valence-corrected chi connectivity index (χ1v) is 6.27. The minimum absolute atomic E-state index is 0.0870. The summed E-state index contributed by atoms with van der Waals surface area (Å²) in [6.07, 6.45) is 3.49. The summed E-state index contributed by atoms with van der Waals surface area (Å²) in [5, 5.41) is 4.03. The normalized spacial score (nSPS) is 10.6. The van der Waals surface area contributed by atoms with Crippen LogP contribution in [0.5, 0.6) is 0 Å². The predicted molar refractivity (Wildman–Crippen MR) is 77.6 cm³/mol. The molecule has 2 N–H and O–H groups in total. The summed E-state index contributed by atoms with van der Waals surface area (Å²) in [6, 6.07) is 2.85. The highest BCUT2D eigenvalue weighted by atomic mass is 32.1. The van der Waals surface area contributed by atoms with E-state index in [4.69, 9.17) is 5.73 Å². The van der Waals surface area contributed by atoms with Crippen molar-refractivity contribution in [3.05, 3.63) is 47.3 Å². The van der Waals surface area contributed by atoms with Crippen molar-refractivity contribution in [2.45, 2.75) is 6.54 Å². The fourth-order valence-corrected chi connectivity index (χ4v) is 2.09. The number of hydrogen-bond donors (Lipinski definition) is 1. The summed E-state index contributed by atoms with van der Waals surface area (Å²) < 4.78 is 29.5. The molecule has 0 unspecified atom stereocenters. The molecule has 0 aliphatic carbocycles. The van der Waals surface area contributed by atoms with Crippen LogP contribution in [0.1, 0.15) is 11.1 Å². The Bertz CT molecular complexity index is 654. The van der Waals surface area contributed by atoms with Gasteiger partial charge in [-0.3, -0.25) is 4.68 Å². The van der Waals surface area contributed by atoms with E-state index in [9.17, 15) is 8.78 Å². The molecule has 1 heterocycles. The fourth-order valence-electron chi connectivity index (χ4n) is 1.94. The first kappa shape index (κ1) is 14.4. The Balaban J connectivity index is 2.28. The van der Waals surface area contributed by atoms with E-state index in [1.165, 1.54) is 12.1 Å². The van der Waals surface area contributed by atoms with Gasteiger partial charge < -0.3 is 10.6 Å². The summed E-state index contributed by atoms with van der Waals surface area (Å²) in [5.74, 6) is -1.98. The van der Waals surface area contributed by atoms with E-state index in [1.807, 2.05) is 6.20 Å². The molecular formula is C13H14F2N4S. The maximum absolute atomic E-state index is 14.0. The topological polar surface area (TPSA) is 47.1 Å². The van der Waals surface area contributed by atoms with Crippen LogP contribution in [0.3, 0.4) is 0 Å². The van der Waals surface area contributed by atoms with Gasteiger partial charge in [0.05, 0.1) is 11.9 Å². The molecule has 0 saturated heterocycles. The minimum atomic E-state index is -1.02. The minimum Gasteiger partial charge on any atom is -0.389 e. The van der Waals surface area contributed by atoms with Crippen molar-refractivity contribution in [3.8, 4) is 0 Å². The molecule has 1 aromatic heterocycles. The zero-order valence-corrected chi connectivity index (χ0v) is 11.9. The van der Waals surface area contributed by atoms with Crippen molar-refractivity contribution in [1.82, 2.24) is 9.78 Å². The Morgan fingerprint density at radius 3 is 2.65 bits per heavy atom. The lowest BCUT2D eigenvalue weighted by Gasteiger charge is -2.20. The first-order valence-electron chi connectivity index (χ1n) is 5.86. The van der Waals surface area contributed by atoms with E-state index >= 15 is 0 Å². The van der Waals surface area contributed by atoms with Crippen LogP contribution in [0.15, 0.2) is 24.5 Å². The van der Waals surface area contributed by atoms with Gasteiger partial charge in [-0.1, -0.05) is 12.2 Å². The van der Waals surface area contributed by atoms with Crippen LogP contribution in [-0.2, 0) is 13.6 Å².